The highest BCUT2D eigenvalue weighted by molar-refractivity contribution is 7.15. The van der Waals surface area contributed by atoms with Gasteiger partial charge >= 0.3 is 0 Å². The first kappa shape index (κ1) is 15.0. The number of nitrogens with one attached hydrogen (secondary N) is 1. The van der Waals surface area contributed by atoms with Crippen LogP contribution in [0.3, 0.4) is 0 Å². The first-order valence-electron chi connectivity index (χ1n) is 8.53. The quantitative estimate of drug-likeness (QED) is 0.909. The fourth-order valence-electron chi connectivity index (χ4n) is 3.28. The van der Waals surface area contributed by atoms with Crippen molar-refractivity contribution in [3.63, 3.8) is 0 Å². The minimum Gasteiger partial charge on any atom is -0.315 e. The van der Waals surface area contributed by atoms with Crippen LogP contribution in [0.15, 0.2) is 18.2 Å². The zero-order chi connectivity index (χ0) is 15.6. The van der Waals surface area contributed by atoms with Crippen molar-refractivity contribution in [2.75, 3.05) is 25.0 Å². The molecule has 1 saturated carbocycles. The van der Waals surface area contributed by atoms with Gasteiger partial charge in [0.25, 0.3) is 0 Å². The van der Waals surface area contributed by atoms with Gasteiger partial charge in [0.1, 0.15) is 10.8 Å². The molecule has 1 saturated heterocycles. The Balaban J connectivity index is 1.38. The number of anilines is 2. The molecule has 0 atom stereocenters. The van der Waals surface area contributed by atoms with Crippen LogP contribution in [0.4, 0.5) is 10.9 Å². The summed E-state index contributed by atoms with van der Waals surface area (Å²) in [6.45, 7) is 5.71. The van der Waals surface area contributed by atoms with Gasteiger partial charge < -0.3 is 10.2 Å². The lowest BCUT2D eigenvalue weighted by Gasteiger charge is -2.31. The molecule has 6 heteroatoms. The van der Waals surface area contributed by atoms with E-state index in [2.05, 4.69) is 32.5 Å². The van der Waals surface area contributed by atoms with E-state index < -0.39 is 0 Å². The van der Waals surface area contributed by atoms with Crippen LogP contribution in [0.25, 0.3) is 0 Å². The summed E-state index contributed by atoms with van der Waals surface area (Å²) in [7, 11) is 0. The Morgan fingerprint density at radius 3 is 2.70 bits per heavy atom. The molecule has 0 aromatic carbocycles. The van der Waals surface area contributed by atoms with Gasteiger partial charge in [-0.3, -0.25) is 0 Å². The summed E-state index contributed by atoms with van der Waals surface area (Å²) >= 11 is 1.56. The van der Waals surface area contributed by atoms with Gasteiger partial charge in [0.2, 0.25) is 5.13 Å². The molecular formula is C17H23N5S. The number of hydrogen-bond donors (Lipinski definition) is 1. The molecule has 0 amide bonds. The normalized spacial score (nSPS) is 19.9. The Morgan fingerprint density at radius 2 is 2.00 bits per heavy atom. The van der Waals surface area contributed by atoms with E-state index in [9.17, 15) is 0 Å². The van der Waals surface area contributed by atoms with E-state index >= 15 is 0 Å². The molecule has 1 aliphatic heterocycles. The van der Waals surface area contributed by atoms with Gasteiger partial charge in [-0.1, -0.05) is 17.4 Å². The molecule has 0 spiro atoms. The third-order valence-corrected chi connectivity index (χ3v) is 5.50. The monoisotopic (exact) mass is 329 g/mol. The van der Waals surface area contributed by atoms with Crippen molar-refractivity contribution in [1.29, 1.82) is 0 Å². The Morgan fingerprint density at radius 1 is 1.17 bits per heavy atom. The van der Waals surface area contributed by atoms with E-state index in [-0.39, 0.29) is 0 Å². The average molecular weight is 329 g/mol. The molecule has 2 aromatic heterocycles. The molecule has 2 aliphatic rings. The molecule has 5 nitrogen and oxygen atoms in total. The summed E-state index contributed by atoms with van der Waals surface area (Å²) in [4.78, 5) is 7.45. The number of piperidine rings is 1. The Kier molecular flexibility index (Phi) is 4.27. The second kappa shape index (κ2) is 6.53. The van der Waals surface area contributed by atoms with E-state index in [4.69, 9.17) is 4.98 Å². The maximum Gasteiger partial charge on any atom is 0.211 e. The zero-order valence-electron chi connectivity index (χ0n) is 13.5. The number of nitrogens with zero attached hydrogens (tertiary/aromatic N) is 4. The number of pyridine rings is 1. The summed E-state index contributed by atoms with van der Waals surface area (Å²) in [6, 6.07) is 6.26. The van der Waals surface area contributed by atoms with Crippen LogP contribution in [-0.4, -0.2) is 39.7 Å². The number of aryl methyl sites for hydroxylation is 1. The van der Waals surface area contributed by atoms with Gasteiger partial charge in [0, 0.05) is 18.2 Å². The number of hydrogen-bond acceptors (Lipinski definition) is 6. The van der Waals surface area contributed by atoms with Crippen molar-refractivity contribution in [2.24, 2.45) is 5.92 Å². The van der Waals surface area contributed by atoms with E-state index in [1.807, 2.05) is 13.0 Å². The molecule has 4 rings (SSSR count). The van der Waals surface area contributed by atoms with Crippen LogP contribution in [0.1, 0.15) is 42.3 Å². The Hall–Kier alpha value is -1.53. The topological polar surface area (TPSA) is 53.9 Å². The predicted molar refractivity (Wildman–Crippen MR) is 93.3 cm³/mol. The maximum atomic E-state index is 4.81. The van der Waals surface area contributed by atoms with Crippen molar-refractivity contribution in [1.82, 2.24) is 20.1 Å². The van der Waals surface area contributed by atoms with Gasteiger partial charge in [0.05, 0.1) is 0 Å². The summed E-state index contributed by atoms with van der Waals surface area (Å²) in [5, 5.41) is 13.2. The Bertz CT molecular complexity index is 659. The molecule has 122 valence electrons. The van der Waals surface area contributed by atoms with Crippen molar-refractivity contribution >= 4 is 22.3 Å². The first-order valence-corrected chi connectivity index (χ1v) is 9.34. The van der Waals surface area contributed by atoms with Crippen molar-refractivity contribution < 1.29 is 0 Å². The van der Waals surface area contributed by atoms with Gasteiger partial charge in [-0.15, -0.1) is 10.2 Å². The Labute approximate surface area is 141 Å². The second-order valence-electron chi connectivity index (χ2n) is 6.72. The summed E-state index contributed by atoms with van der Waals surface area (Å²) in [6.07, 6.45) is 5.34. The number of aromatic nitrogens is 3. The number of rotatable bonds is 5. The largest absolute Gasteiger partial charge is 0.315 e. The third-order valence-electron chi connectivity index (χ3n) is 4.75. The third kappa shape index (κ3) is 3.87. The molecule has 3 heterocycles. The standard InChI is InChI=1S/C17H23N5S/c1-12-20-21-17(23-12)19-16-4-2-3-15(18-16)14-7-9-22(10-8-14)11-13-5-6-13/h2-4,13-14H,5-11H2,1H3,(H,18,19,21). The lowest BCUT2D eigenvalue weighted by Crippen LogP contribution is -2.34. The van der Waals surface area contributed by atoms with E-state index in [1.165, 1.54) is 51.0 Å². The number of likely N-dealkylation sites (tertiary alicyclic amines) is 1. The van der Waals surface area contributed by atoms with Gasteiger partial charge in [-0.2, -0.15) is 0 Å². The highest BCUT2D eigenvalue weighted by atomic mass is 32.1. The predicted octanol–water partition coefficient (Wildman–Crippen LogP) is 3.57. The maximum absolute atomic E-state index is 4.81. The molecule has 0 radical (unpaired) electrons. The van der Waals surface area contributed by atoms with Crippen molar-refractivity contribution in [3.05, 3.63) is 28.9 Å². The van der Waals surface area contributed by atoms with E-state index in [1.54, 1.807) is 11.3 Å². The molecule has 2 aromatic rings. The van der Waals surface area contributed by atoms with Gasteiger partial charge in [-0.05, 0) is 63.7 Å². The van der Waals surface area contributed by atoms with E-state index in [0.717, 1.165) is 21.9 Å². The van der Waals surface area contributed by atoms with Crippen LogP contribution < -0.4 is 5.32 Å². The minimum atomic E-state index is 0.586. The molecular weight excluding hydrogens is 306 g/mol. The molecule has 1 N–H and O–H groups in total. The second-order valence-corrected chi connectivity index (χ2v) is 7.90. The molecule has 1 aliphatic carbocycles. The van der Waals surface area contributed by atoms with Crippen LogP contribution in [0.2, 0.25) is 0 Å². The van der Waals surface area contributed by atoms with Crippen LogP contribution >= 0.6 is 11.3 Å². The van der Waals surface area contributed by atoms with Crippen LogP contribution in [0.5, 0.6) is 0 Å². The van der Waals surface area contributed by atoms with Crippen LogP contribution in [-0.2, 0) is 0 Å². The fraction of sp³-hybridized carbons (Fsp3) is 0.588. The molecule has 0 bridgehead atoms. The highest BCUT2D eigenvalue weighted by Gasteiger charge is 2.27. The van der Waals surface area contributed by atoms with E-state index in [0.29, 0.717) is 5.92 Å². The smallest absolute Gasteiger partial charge is 0.211 e. The van der Waals surface area contributed by atoms with Gasteiger partial charge in [0.15, 0.2) is 0 Å². The highest BCUT2D eigenvalue weighted by Crippen LogP contribution is 2.33. The molecule has 2 fully saturated rings. The average Bonchev–Trinajstić information content (AvgIpc) is 3.29. The summed E-state index contributed by atoms with van der Waals surface area (Å²) in [5.74, 6) is 2.45. The minimum absolute atomic E-state index is 0.586. The molecule has 0 unspecified atom stereocenters. The SMILES string of the molecule is Cc1nnc(Nc2cccc(C3CCN(CC4CC4)CC3)n2)s1. The zero-order valence-corrected chi connectivity index (χ0v) is 14.4. The van der Waals surface area contributed by atoms with Crippen molar-refractivity contribution in [2.45, 2.75) is 38.5 Å². The van der Waals surface area contributed by atoms with Crippen LogP contribution in [0, 0.1) is 12.8 Å². The summed E-state index contributed by atoms with van der Waals surface area (Å²) < 4.78 is 0. The van der Waals surface area contributed by atoms with Crippen molar-refractivity contribution in [3.8, 4) is 0 Å². The first-order chi connectivity index (χ1) is 11.3. The molecule has 23 heavy (non-hydrogen) atoms. The van der Waals surface area contributed by atoms with Gasteiger partial charge in [-0.25, -0.2) is 4.98 Å². The summed E-state index contributed by atoms with van der Waals surface area (Å²) in [5.41, 5.74) is 1.21. The fourth-order valence-corrected chi connectivity index (χ4v) is 3.88. The lowest BCUT2D eigenvalue weighted by molar-refractivity contribution is 0.203. The lowest BCUT2D eigenvalue weighted by atomic mass is 9.93.